The maximum absolute atomic E-state index is 12.0. The molecule has 0 unspecified atom stereocenters. The van der Waals surface area contributed by atoms with Crippen molar-refractivity contribution in [2.45, 2.75) is 0 Å². The monoisotopic (exact) mass is 315 g/mol. The third kappa shape index (κ3) is 2.27. The van der Waals surface area contributed by atoms with E-state index in [0.29, 0.717) is 10.6 Å². The van der Waals surface area contributed by atoms with E-state index < -0.39 is 5.97 Å². The van der Waals surface area contributed by atoms with Crippen molar-refractivity contribution in [2.75, 3.05) is 14.2 Å². The molecule has 1 N–H and O–H groups in total. The molecule has 0 aliphatic rings. The first-order chi connectivity index (χ1) is 10.7. The summed E-state index contributed by atoms with van der Waals surface area (Å²) in [5.41, 5.74) is 1.38. The highest BCUT2D eigenvalue weighted by Gasteiger charge is 2.23. The van der Waals surface area contributed by atoms with E-state index in [1.807, 2.05) is 24.3 Å². The molecule has 0 saturated carbocycles. The van der Waals surface area contributed by atoms with E-state index in [2.05, 4.69) is 4.98 Å². The number of phenolic OH excluding ortho intramolecular Hbond substituents is 1. The molecule has 0 aliphatic heterocycles. The summed E-state index contributed by atoms with van der Waals surface area (Å²) < 4.78 is 10.9. The van der Waals surface area contributed by atoms with Crippen LogP contribution in [0.3, 0.4) is 0 Å². The molecule has 5 nitrogen and oxygen atoms in total. The van der Waals surface area contributed by atoms with Crippen LogP contribution < -0.4 is 4.74 Å². The Labute approximate surface area is 130 Å². The minimum absolute atomic E-state index is 0.121. The molecule has 0 amide bonds. The molecule has 22 heavy (non-hydrogen) atoms. The maximum atomic E-state index is 12.0. The highest BCUT2D eigenvalue weighted by Crippen LogP contribution is 2.42. The zero-order valence-corrected chi connectivity index (χ0v) is 12.8. The summed E-state index contributed by atoms with van der Waals surface area (Å²) in [6.45, 7) is 0. The smallest absolute Gasteiger partial charge is 0.338 e. The highest BCUT2D eigenvalue weighted by atomic mass is 32.1. The summed E-state index contributed by atoms with van der Waals surface area (Å²) in [6, 6.07) is 10.7. The number of aromatic nitrogens is 1. The molecular formula is C16H13NO4S. The van der Waals surface area contributed by atoms with Crippen LogP contribution in [-0.4, -0.2) is 30.3 Å². The van der Waals surface area contributed by atoms with Gasteiger partial charge in [0.25, 0.3) is 0 Å². The van der Waals surface area contributed by atoms with Gasteiger partial charge in [0, 0.05) is 0 Å². The fraction of sp³-hybridized carbons (Fsp3) is 0.125. The number of nitrogens with zero attached hydrogens (tertiary/aromatic N) is 1. The van der Waals surface area contributed by atoms with Crippen molar-refractivity contribution in [3.63, 3.8) is 0 Å². The Kier molecular flexibility index (Phi) is 3.68. The zero-order chi connectivity index (χ0) is 15.7. The van der Waals surface area contributed by atoms with Gasteiger partial charge in [-0.05, 0) is 24.3 Å². The summed E-state index contributed by atoms with van der Waals surface area (Å²) in [5, 5.41) is 11.0. The molecule has 0 aliphatic carbocycles. The second-order valence-corrected chi connectivity index (χ2v) is 5.55. The van der Waals surface area contributed by atoms with Crippen LogP contribution in [0.1, 0.15) is 10.4 Å². The van der Waals surface area contributed by atoms with Gasteiger partial charge >= 0.3 is 5.97 Å². The van der Waals surface area contributed by atoms with Crippen molar-refractivity contribution < 1.29 is 19.4 Å². The number of hydrogen-bond donors (Lipinski definition) is 1. The Balaban J connectivity index is 2.29. The molecule has 3 aromatic rings. The van der Waals surface area contributed by atoms with Gasteiger partial charge in [0.1, 0.15) is 5.01 Å². The second-order valence-electron chi connectivity index (χ2n) is 4.52. The first-order valence-electron chi connectivity index (χ1n) is 6.50. The van der Waals surface area contributed by atoms with E-state index in [1.165, 1.54) is 31.6 Å². The quantitative estimate of drug-likeness (QED) is 0.750. The number of rotatable bonds is 3. The minimum Gasteiger partial charge on any atom is -0.504 e. The molecule has 0 bridgehead atoms. The summed E-state index contributed by atoms with van der Waals surface area (Å²) >= 11 is 1.39. The van der Waals surface area contributed by atoms with E-state index in [9.17, 15) is 9.90 Å². The largest absolute Gasteiger partial charge is 0.504 e. The number of benzene rings is 2. The molecule has 0 fully saturated rings. The first-order valence-corrected chi connectivity index (χ1v) is 7.31. The summed E-state index contributed by atoms with van der Waals surface area (Å²) in [4.78, 5) is 16.5. The van der Waals surface area contributed by atoms with E-state index in [0.717, 1.165) is 10.2 Å². The fourth-order valence-electron chi connectivity index (χ4n) is 2.21. The predicted molar refractivity (Wildman–Crippen MR) is 84.6 cm³/mol. The number of carbonyl (C=O) groups excluding carboxylic acids is 1. The lowest BCUT2D eigenvalue weighted by molar-refractivity contribution is 0.0601. The van der Waals surface area contributed by atoms with Gasteiger partial charge in [-0.15, -0.1) is 11.3 Å². The van der Waals surface area contributed by atoms with Gasteiger partial charge in [-0.1, -0.05) is 12.1 Å². The van der Waals surface area contributed by atoms with Gasteiger partial charge in [-0.3, -0.25) is 0 Å². The topological polar surface area (TPSA) is 68.7 Å². The Morgan fingerprint density at radius 3 is 2.64 bits per heavy atom. The molecule has 0 saturated heterocycles. The van der Waals surface area contributed by atoms with Crippen molar-refractivity contribution in [1.29, 1.82) is 0 Å². The Morgan fingerprint density at radius 1 is 1.18 bits per heavy atom. The molecular weight excluding hydrogens is 302 g/mol. The van der Waals surface area contributed by atoms with Crippen molar-refractivity contribution in [1.82, 2.24) is 4.98 Å². The number of thiazole rings is 1. The van der Waals surface area contributed by atoms with Crippen LogP contribution >= 0.6 is 11.3 Å². The number of phenols is 1. The average molecular weight is 315 g/mol. The molecule has 0 radical (unpaired) electrons. The lowest BCUT2D eigenvalue weighted by atomic mass is 10.1. The Hall–Kier alpha value is -2.60. The molecule has 2 aromatic carbocycles. The average Bonchev–Trinajstić information content (AvgIpc) is 2.97. The number of hydrogen-bond acceptors (Lipinski definition) is 6. The zero-order valence-electron chi connectivity index (χ0n) is 12.0. The van der Waals surface area contributed by atoms with E-state index in [1.54, 1.807) is 6.07 Å². The number of methoxy groups -OCH3 is 2. The standard InChI is InChI=1S/C16H13NO4S/c1-20-11-8-7-9(16(19)21-2)13(14(11)18)15-17-10-5-3-4-6-12(10)22-15/h3-8,18H,1-2H3. The van der Waals surface area contributed by atoms with Crippen LogP contribution in [0.4, 0.5) is 0 Å². The van der Waals surface area contributed by atoms with Crippen LogP contribution in [0.15, 0.2) is 36.4 Å². The molecule has 0 spiro atoms. The third-order valence-electron chi connectivity index (χ3n) is 3.27. The second kappa shape index (κ2) is 5.65. The van der Waals surface area contributed by atoms with Gasteiger partial charge < -0.3 is 14.6 Å². The Bertz CT molecular complexity index is 823. The molecule has 1 heterocycles. The van der Waals surface area contributed by atoms with Crippen LogP contribution in [0.25, 0.3) is 20.8 Å². The van der Waals surface area contributed by atoms with Crippen molar-refractivity contribution in [3.05, 3.63) is 42.0 Å². The van der Waals surface area contributed by atoms with Gasteiger partial charge in [-0.2, -0.15) is 0 Å². The van der Waals surface area contributed by atoms with E-state index >= 15 is 0 Å². The summed E-state index contributed by atoms with van der Waals surface area (Å²) in [5.74, 6) is -0.376. The molecule has 0 atom stereocenters. The molecule has 3 rings (SSSR count). The number of carbonyl (C=O) groups is 1. The normalized spacial score (nSPS) is 10.6. The molecule has 6 heteroatoms. The number of ether oxygens (including phenoxy) is 2. The Morgan fingerprint density at radius 2 is 1.95 bits per heavy atom. The number of fused-ring (bicyclic) bond motifs is 1. The van der Waals surface area contributed by atoms with Crippen LogP contribution in [0.2, 0.25) is 0 Å². The molecule has 1 aromatic heterocycles. The van der Waals surface area contributed by atoms with Crippen LogP contribution in [-0.2, 0) is 4.74 Å². The highest BCUT2D eigenvalue weighted by molar-refractivity contribution is 7.21. The molecule has 112 valence electrons. The lowest BCUT2D eigenvalue weighted by Crippen LogP contribution is -2.04. The van der Waals surface area contributed by atoms with Gasteiger partial charge in [0.15, 0.2) is 11.5 Å². The fourth-order valence-corrected chi connectivity index (χ4v) is 3.24. The summed E-state index contributed by atoms with van der Waals surface area (Å²) in [6.07, 6.45) is 0. The third-order valence-corrected chi connectivity index (χ3v) is 4.33. The van der Waals surface area contributed by atoms with Crippen molar-refractivity contribution >= 4 is 27.5 Å². The van der Waals surface area contributed by atoms with Gasteiger partial charge in [-0.25, -0.2) is 9.78 Å². The number of aromatic hydroxyl groups is 1. The van der Waals surface area contributed by atoms with Crippen LogP contribution in [0, 0.1) is 0 Å². The van der Waals surface area contributed by atoms with Crippen molar-refractivity contribution in [3.8, 4) is 22.1 Å². The number of para-hydroxylation sites is 1. The predicted octanol–water partition coefficient (Wildman–Crippen LogP) is 3.46. The SMILES string of the molecule is COC(=O)c1ccc(OC)c(O)c1-c1nc2ccccc2s1. The van der Waals surface area contributed by atoms with Gasteiger partial charge in [0.05, 0.1) is 35.6 Å². The minimum atomic E-state index is -0.535. The number of esters is 1. The maximum Gasteiger partial charge on any atom is 0.338 e. The van der Waals surface area contributed by atoms with E-state index in [4.69, 9.17) is 9.47 Å². The van der Waals surface area contributed by atoms with Crippen LogP contribution in [0.5, 0.6) is 11.5 Å². The van der Waals surface area contributed by atoms with E-state index in [-0.39, 0.29) is 17.1 Å². The van der Waals surface area contributed by atoms with Crippen molar-refractivity contribution in [2.24, 2.45) is 0 Å². The lowest BCUT2D eigenvalue weighted by Gasteiger charge is -2.11. The van der Waals surface area contributed by atoms with Gasteiger partial charge in [0.2, 0.25) is 0 Å². The summed E-state index contributed by atoms with van der Waals surface area (Å²) in [7, 11) is 2.75. The first kappa shape index (κ1) is 14.3.